The lowest BCUT2D eigenvalue weighted by atomic mass is 10.2. The van der Waals surface area contributed by atoms with E-state index in [1.807, 2.05) is 24.3 Å². The lowest BCUT2D eigenvalue weighted by Crippen LogP contribution is -2.48. The Hall–Kier alpha value is -3.54. The average molecular weight is 514 g/mol. The first kappa shape index (κ1) is 27.1. The smallest absolute Gasteiger partial charge is 0.322 e. The molecule has 1 aromatic carbocycles. The summed E-state index contributed by atoms with van der Waals surface area (Å²) in [6.07, 6.45) is 2.84. The van der Waals surface area contributed by atoms with Gasteiger partial charge in [0.25, 0.3) is 0 Å². The van der Waals surface area contributed by atoms with Crippen LogP contribution in [0.4, 0.5) is 11.5 Å². The maximum absolute atomic E-state index is 13.5. The standard InChI is InChI=1S/C25H32N6O4S/c1-4-31(3,5-2)29-21-13-11-20(12-14-21)18-30(36(34,35)23-9-7-15-26-16-23)19-22-8-6-10-24(28-22)27-17-25(32)33/h6-16,29H,4-5,17-19H2,1-3H3,(H-,27,28,32,33)/p+1. The van der Waals surface area contributed by atoms with Crippen LogP contribution in [0.1, 0.15) is 25.1 Å². The van der Waals surface area contributed by atoms with Crippen molar-refractivity contribution in [2.45, 2.75) is 31.8 Å². The number of sulfonamides is 1. The Morgan fingerprint density at radius 3 is 2.36 bits per heavy atom. The molecule has 0 saturated heterocycles. The van der Waals surface area contributed by atoms with E-state index in [9.17, 15) is 13.2 Å². The van der Waals surface area contributed by atoms with Crippen LogP contribution in [-0.4, -0.2) is 65.0 Å². The largest absolute Gasteiger partial charge is 0.480 e. The van der Waals surface area contributed by atoms with Crippen molar-refractivity contribution in [3.63, 3.8) is 0 Å². The van der Waals surface area contributed by atoms with Gasteiger partial charge in [0.15, 0.2) is 0 Å². The highest BCUT2D eigenvalue weighted by molar-refractivity contribution is 7.89. The Kier molecular flexibility index (Phi) is 8.97. The third kappa shape index (κ3) is 7.23. The number of nitrogens with one attached hydrogen (secondary N) is 2. The average Bonchev–Trinajstić information content (AvgIpc) is 2.89. The molecule has 0 spiro atoms. The second-order valence-corrected chi connectivity index (χ2v) is 10.5. The van der Waals surface area contributed by atoms with Crippen LogP contribution in [0.25, 0.3) is 0 Å². The molecule has 2 heterocycles. The molecule has 0 radical (unpaired) electrons. The van der Waals surface area contributed by atoms with E-state index in [2.05, 4.69) is 41.6 Å². The number of quaternary nitrogens is 1. The molecule has 11 heteroatoms. The summed E-state index contributed by atoms with van der Waals surface area (Å²) in [7, 11) is -1.77. The van der Waals surface area contributed by atoms with E-state index in [4.69, 9.17) is 5.11 Å². The van der Waals surface area contributed by atoms with Crippen LogP contribution in [0.3, 0.4) is 0 Å². The third-order valence-corrected chi connectivity index (χ3v) is 7.72. The lowest BCUT2D eigenvalue weighted by Gasteiger charge is -2.32. The predicted molar refractivity (Wildman–Crippen MR) is 138 cm³/mol. The molecule has 0 amide bonds. The number of aliphatic carboxylic acids is 1. The molecule has 0 aliphatic heterocycles. The molecular formula is C25H33N6O4S+. The van der Waals surface area contributed by atoms with Crippen LogP contribution in [0.2, 0.25) is 0 Å². The Morgan fingerprint density at radius 1 is 1.03 bits per heavy atom. The van der Waals surface area contributed by atoms with Gasteiger partial charge in [-0.1, -0.05) is 18.2 Å². The van der Waals surface area contributed by atoms with E-state index in [-0.39, 0.29) is 24.5 Å². The number of pyridine rings is 2. The summed E-state index contributed by atoms with van der Waals surface area (Å²) >= 11 is 0. The SMILES string of the molecule is CC[N+](C)(CC)Nc1ccc(CN(Cc2cccc(NCC(=O)O)n2)S(=O)(=O)c2cccnc2)cc1. The van der Waals surface area contributed by atoms with E-state index in [1.54, 1.807) is 24.3 Å². The van der Waals surface area contributed by atoms with Crippen LogP contribution in [-0.2, 0) is 27.9 Å². The van der Waals surface area contributed by atoms with Crippen molar-refractivity contribution in [3.05, 3.63) is 78.2 Å². The number of nitrogens with zero attached hydrogens (tertiary/aromatic N) is 4. The summed E-state index contributed by atoms with van der Waals surface area (Å²) in [6, 6.07) is 15.8. The summed E-state index contributed by atoms with van der Waals surface area (Å²) in [5.41, 5.74) is 5.74. The molecule has 0 unspecified atom stereocenters. The minimum atomic E-state index is -3.89. The highest BCUT2D eigenvalue weighted by Crippen LogP contribution is 2.22. The Bertz CT molecular complexity index is 1250. The molecule has 0 saturated carbocycles. The third-order valence-electron chi connectivity index (χ3n) is 5.95. The highest BCUT2D eigenvalue weighted by atomic mass is 32.2. The van der Waals surface area contributed by atoms with Gasteiger partial charge in [-0.3, -0.25) is 9.78 Å². The fourth-order valence-electron chi connectivity index (χ4n) is 3.47. The molecule has 3 aromatic rings. The molecule has 0 fully saturated rings. The Labute approximate surface area is 212 Å². The van der Waals surface area contributed by atoms with Crippen molar-refractivity contribution in [2.75, 3.05) is 37.4 Å². The Morgan fingerprint density at radius 2 is 1.75 bits per heavy atom. The summed E-state index contributed by atoms with van der Waals surface area (Å²) in [4.78, 5) is 19.3. The van der Waals surface area contributed by atoms with Crippen molar-refractivity contribution in [3.8, 4) is 0 Å². The summed E-state index contributed by atoms with van der Waals surface area (Å²) in [5, 5.41) is 11.6. The van der Waals surface area contributed by atoms with Crippen LogP contribution in [0, 0.1) is 0 Å². The fraction of sp³-hybridized carbons (Fsp3) is 0.320. The fourth-order valence-corrected chi connectivity index (χ4v) is 4.83. The van der Waals surface area contributed by atoms with Gasteiger partial charge >= 0.3 is 5.97 Å². The van der Waals surface area contributed by atoms with E-state index in [1.165, 1.54) is 22.8 Å². The quantitative estimate of drug-likeness (QED) is 0.235. The molecule has 0 atom stereocenters. The molecule has 3 N–H and O–H groups in total. The lowest BCUT2D eigenvalue weighted by molar-refractivity contribution is -0.884. The van der Waals surface area contributed by atoms with Gasteiger partial charge in [0.1, 0.15) is 17.3 Å². The number of carboxylic acids is 1. The van der Waals surface area contributed by atoms with Crippen molar-refractivity contribution in [1.82, 2.24) is 14.3 Å². The second kappa shape index (κ2) is 11.9. The van der Waals surface area contributed by atoms with Crippen LogP contribution < -0.4 is 10.7 Å². The zero-order valence-electron chi connectivity index (χ0n) is 20.8. The zero-order valence-corrected chi connectivity index (χ0v) is 21.6. The monoisotopic (exact) mass is 513 g/mol. The van der Waals surface area contributed by atoms with Crippen molar-refractivity contribution in [1.29, 1.82) is 0 Å². The first-order chi connectivity index (χ1) is 17.1. The molecule has 0 bridgehead atoms. The molecule has 3 rings (SSSR count). The maximum atomic E-state index is 13.5. The van der Waals surface area contributed by atoms with E-state index < -0.39 is 16.0 Å². The van der Waals surface area contributed by atoms with Gasteiger partial charge in [0.2, 0.25) is 10.0 Å². The first-order valence-corrected chi connectivity index (χ1v) is 13.1. The maximum Gasteiger partial charge on any atom is 0.322 e. The van der Waals surface area contributed by atoms with Gasteiger partial charge < -0.3 is 10.4 Å². The van der Waals surface area contributed by atoms with Gasteiger partial charge in [0, 0.05) is 18.9 Å². The normalized spacial score (nSPS) is 11.9. The first-order valence-electron chi connectivity index (χ1n) is 11.7. The molecule has 36 heavy (non-hydrogen) atoms. The molecule has 192 valence electrons. The number of hydrogen-bond acceptors (Lipinski definition) is 7. The predicted octanol–water partition coefficient (Wildman–Crippen LogP) is 3.18. The number of rotatable bonds is 13. The van der Waals surface area contributed by atoms with Gasteiger partial charge in [-0.25, -0.2) is 23.4 Å². The van der Waals surface area contributed by atoms with Gasteiger partial charge in [-0.2, -0.15) is 4.31 Å². The molecule has 10 nitrogen and oxygen atoms in total. The van der Waals surface area contributed by atoms with Crippen LogP contribution >= 0.6 is 0 Å². The summed E-state index contributed by atoms with van der Waals surface area (Å²) < 4.78 is 29.1. The van der Waals surface area contributed by atoms with Gasteiger partial charge in [-0.15, -0.1) is 0 Å². The van der Waals surface area contributed by atoms with Crippen molar-refractivity contribution < 1.29 is 22.9 Å². The number of aromatic nitrogens is 2. The topological polar surface area (TPSA) is 125 Å². The Balaban J connectivity index is 1.87. The van der Waals surface area contributed by atoms with E-state index >= 15 is 0 Å². The number of carbonyl (C=O) groups is 1. The molecule has 0 aliphatic carbocycles. The van der Waals surface area contributed by atoms with Crippen LogP contribution in [0.15, 0.2) is 71.9 Å². The summed E-state index contributed by atoms with van der Waals surface area (Å²) in [6.45, 7) is 5.91. The number of carboxylic acid groups (broad SMARTS) is 1. The van der Waals surface area contributed by atoms with Crippen molar-refractivity contribution >= 4 is 27.5 Å². The minimum absolute atomic E-state index is 0.000446. The van der Waals surface area contributed by atoms with E-state index in [0.717, 1.165) is 24.3 Å². The van der Waals surface area contributed by atoms with E-state index in [0.29, 0.717) is 16.1 Å². The second-order valence-electron chi connectivity index (χ2n) is 8.56. The minimum Gasteiger partial charge on any atom is -0.480 e. The van der Waals surface area contributed by atoms with Crippen molar-refractivity contribution in [2.24, 2.45) is 0 Å². The highest BCUT2D eigenvalue weighted by Gasteiger charge is 2.26. The molecular weight excluding hydrogens is 480 g/mol. The van der Waals surface area contributed by atoms with Gasteiger partial charge in [-0.05, 0) is 55.8 Å². The number of anilines is 2. The summed E-state index contributed by atoms with van der Waals surface area (Å²) in [5.74, 6) is -0.657. The molecule has 0 aliphatic rings. The zero-order chi connectivity index (χ0) is 26.2. The van der Waals surface area contributed by atoms with Gasteiger partial charge in [0.05, 0.1) is 38.1 Å². The molecule has 2 aromatic heterocycles. The number of hydrogen-bond donors (Lipinski definition) is 3. The van der Waals surface area contributed by atoms with Crippen LogP contribution in [0.5, 0.6) is 0 Å². The number of benzene rings is 1.